The lowest BCUT2D eigenvalue weighted by Gasteiger charge is -2.34. The Balaban J connectivity index is 1.82. The fraction of sp³-hybridized carbons (Fsp3) is 0.769. The number of nitrogens with one attached hydrogen (secondary N) is 1. The van der Waals surface area contributed by atoms with Gasteiger partial charge in [0, 0.05) is 38.5 Å². The highest BCUT2D eigenvalue weighted by Crippen LogP contribution is 2.42. The SMILES string of the molecule is CN=CC(Br)C=NC1CCC2(CC1)CNC(=O)C2. The molecule has 2 rings (SSSR count). The lowest BCUT2D eigenvalue weighted by atomic mass is 9.72. The van der Waals surface area contributed by atoms with Crippen LogP contribution in [0.1, 0.15) is 32.1 Å². The zero-order valence-electron chi connectivity index (χ0n) is 10.7. The van der Waals surface area contributed by atoms with Crippen molar-refractivity contribution in [3.8, 4) is 0 Å². The first kappa shape index (κ1) is 13.7. The maximum Gasteiger partial charge on any atom is 0.220 e. The summed E-state index contributed by atoms with van der Waals surface area (Å²) in [6.45, 7) is 0.867. The minimum Gasteiger partial charge on any atom is -0.356 e. The van der Waals surface area contributed by atoms with Crippen LogP contribution >= 0.6 is 15.9 Å². The van der Waals surface area contributed by atoms with Gasteiger partial charge in [0.05, 0.1) is 4.83 Å². The summed E-state index contributed by atoms with van der Waals surface area (Å²) in [6.07, 6.45) is 8.88. The molecule has 18 heavy (non-hydrogen) atoms. The molecule has 100 valence electrons. The van der Waals surface area contributed by atoms with E-state index in [0.717, 1.165) is 32.2 Å². The van der Waals surface area contributed by atoms with Gasteiger partial charge in [-0.05, 0) is 31.1 Å². The summed E-state index contributed by atoms with van der Waals surface area (Å²) < 4.78 is 0. The van der Waals surface area contributed by atoms with E-state index in [9.17, 15) is 4.79 Å². The van der Waals surface area contributed by atoms with Gasteiger partial charge in [-0.2, -0.15) is 0 Å². The minimum absolute atomic E-state index is 0.133. The third-order valence-corrected chi connectivity index (χ3v) is 4.42. The molecule has 1 atom stereocenters. The average molecular weight is 314 g/mol. The van der Waals surface area contributed by atoms with Crippen molar-refractivity contribution in [2.24, 2.45) is 15.4 Å². The maximum atomic E-state index is 11.3. The Morgan fingerprint density at radius 3 is 2.72 bits per heavy atom. The van der Waals surface area contributed by atoms with Gasteiger partial charge in [-0.25, -0.2) is 0 Å². The molecular weight excluding hydrogens is 294 g/mol. The molecule has 1 aliphatic heterocycles. The zero-order chi connectivity index (χ0) is 13.0. The Bertz CT molecular complexity index is 359. The Morgan fingerprint density at radius 1 is 1.44 bits per heavy atom. The van der Waals surface area contributed by atoms with Crippen LogP contribution in [0.5, 0.6) is 0 Å². The van der Waals surface area contributed by atoms with Gasteiger partial charge in [0.2, 0.25) is 5.91 Å². The molecule has 1 saturated heterocycles. The molecule has 1 heterocycles. The van der Waals surface area contributed by atoms with E-state index >= 15 is 0 Å². The third kappa shape index (κ3) is 3.40. The number of nitrogens with zero attached hydrogens (tertiary/aromatic N) is 2. The fourth-order valence-corrected chi connectivity index (χ4v) is 3.23. The van der Waals surface area contributed by atoms with E-state index in [1.54, 1.807) is 7.05 Å². The van der Waals surface area contributed by atoms with Gasteiger partial charge in [0.25, 0.3) is 0 Å². The molecule has 0 aromatic rings. The number of hydrogen-bond acceptors (Lipinski definition) is 3. The van der Waals surface area contributed by atoms with Crippen LogP contribution in [-0.2, 0) is 4.79 Å². The maximum absolute atomic E-state index is 11.3. The largest absolute Gasteiger partial charge is 0.356 e. The van der Waals surface area contributed by atoms with Crippen LogP contribution in [0.3, 0.4) is 0 Å². The standard InChI is InChI=1S/C13H20BrN3O/c1-15-7-10(14)8-16-11-2-4-13(5-3-11)6-12(18)17-9-13/h7-8,10-11H,2-6,9H2,1H3,(H,17,18). The van der Waals surface area contributed by atoms with Crippen molar-refractivity contribution in [2.75, 3.05) is 13.6 Å². The molecule has 0 radical (unpaired) electrons. The number of rotatable bonds is 3. The second kappa shape index (κ2) is 5.95. The van der Waals surface area contributed by atoms with E-state index in [1.165, 1.54) is 0 Å². The molecule has 2 fully saturated rings. The third-order valence-electron chi connectivity index (χ3n) is 3.94. The van der Waals surface area contributed by atoms with Crippen molar-refractivity contribution in [1.29, 1.82) is 0 Å². The smallest absolute Gasteiger partial charge is 0.220 e. The van der Waals surface area contributed by atoms with E-state index in [4.69, 9.17) is 0 Å². The molecule has 0 aromatic carbocycles. The van der Waals surface area contributed by atoms with Crippen molar-refractivity contribution in [2.45, 2.75) is 43.0 Å². The van der Waals surface area contributed by atoms with Crippen LogP contribution in [-0.4, -0.2) is 42.8 Å². The monoisotopic (exact) mass is 313 g/mol. The van der Waals surface area contributed by atoms with Crippen molar-refractivity contribution < 1.29 is 4.79 Å². The van der Waals surface area contributed by atoms with Crippen molar-refractivity contribution >= 4 is 34.3 Å². The van der Waals surface area contributed by atoms with Crippen LogP contribution in [0.2, 0.25) is 0 Å². The molecule has 1 saturated carbocycles. The van der Waals surface area contributed by atoms with Crippen LogP contribution in [0, 0.1) is 5.41 Å². The molecule has 0 bridgehead atoms. The van der Waals surface area contributed by atoms with E-state index in [-0.39, 0.29) is 16.1 Å². The van der Waals surface area contributed by atoms with Gasteiger partial charge in [0.15, 0.2) is 0 Å². The van der Waals surface area contributed by atoms with Gasteiger partial charge in [-0.3, -0.25) is 14.8 Å². The van der Waals surface area contributed by atoms with Gasteiger partial charge >= 0.3 is 0 Å². The van der Waals surface area contributed by atoms with E-state index in [0.29, 0.717) is 12.5 Å². The number of aliphatic imine (C=N–C) groups is 2. The van der Waals surface area contributed by atoms with E-state index in [1.807, 2.05) is 12.4 Å². The van der Waals surface area contributed by atoms with Gasteiger partial charge in [-0.15, -0.1) is 0 Å². The van der Waals surface area contributed by atoms with Gasteiger partial charge in [-0.1, -0.05) is 15.9 Å². The zero-order valence-corrected chi connectivity index (χ0v) is 12.3. The number of carbonyl (C=O) groups is 1. The summed E-state index contributed by atoms with van der Waals surface area (Å²) in [5.41, 5.74) is 0.238. The van der Waals surface area contributed by atoms with Crippen molar-refractivity contribution in [3.63, 3.8) is 0 Å². The van der Waals surface area contributed by atoms with E-state index in [2.05, 4.69) is 31.2 Å². The van der Waals surface area contributed by atoms with Crippen molar-refractivity contribution in [1.82, 2.24) is 5.32 Å². The summed E-state index contributed by atoms with van der Waals surface area (Å²) in [5.74, 6) is 0.219. The summed E-state index contributed by atoms with van der Waals surface area (Å²) >= 11 is 3.48. The Labute approximate surface area is 116 Å². The Morgan fingerprint density at radius 2 is 2.17 bits per heavy atom. The summed E-state index contributed by atoms with van der Waals surface area (Å²) in [5, 5.41) is 2.96. The molecule has 1 amide bonds. The van der Waals surface area contributed by atoms with Crippen molar-refractivity contribution in [3.05, 3.63) is 0 Å². The van der Waals surface area contributed by atoms with Crippen LogP contribution in [0.15, 0.2) is 9.98 Å². The molecule has 4 nitrogen and oxygen atoms in total. The molecule has 1 spiro atoms. The van der Waals surface area contributed by atoms with Crippen LogP contribution < -0.4 is 5.32 Å². The second-order valence-electron chi connectivity index (χ2n) is 5.33. The molecule has 1 unspecified atom stereocenters. The first-order valence-corrected chi connectivity index (χ1v) is 7.41. The molecule has 5 heteroatoms. The molecule has 1 aliphatic carbocycles. The summed E-state index contributed by atoms with van der Waals surface area (Å²) in [6, 6.07) is 0.414. The molecular formula is C13H20BrN3O. The molecule has 0 aromatic heterocycles. The lowest BCUT2D eigenvalue weighted by Crippen LogP contribution is -2.31. The molecule has 2 aliphatic rings. The van der Waals surface area contributed by atoms with Gasteiger partial charge < -0.3 is 5.32 Å². The normalized spacial score (nSPS) is 34.6. The topological polar surface area (TPSA) is 53.8 Å². The quantitative estimate of drug-likeness (QED) is 0.628. The fourth-order valence-electron chi connectivity index (χ4n) is 2.85. The Hall–Kier alpha value is -0.710. The van der Waals surface area contributed by atoms with Gasteiger partial charge in [0.1, 0.15) is 0 Å². The number of halogens is 1. The first-order valence-electron chi connectivity index (χ1n) is 6.50. The number of alkyl halides is 1. The minimum atomic E-state index is 0.133. The number of amides is 1. The van der Waals surface area contributed by atoms with E-state index < -0.39 is 0 Å². The number of carbonyl (C=O) groups excluding carboxylic acids is 1. The number of hydrogen-bond donors (Lipinski definition) is 1. The Kier molecular flexibility index (Phi) is 4.54. The highest BCUT2D eigenvalue weighted by Gasteiger charge is 2.41. The highest BCUT2D eigenvalue weighted by atomic mass is 79.9. The van der Waals surface area contributed by atoms with Crippen LogP contribution in [0.25, 0.3) is 0 Å². The average Bonchev–Trinajstić information content (AvgIpc) is 2.71. The summed E-state index contributed by atoms with van der Waals surface area (Å²) in [4.78, 5) is 20.0. The predicted octanol–water partition coefficient (Wildman–Crippen LogP) is 1.97. The second-order valence-corrected chi connectivity index (χ2v) is 6.39. The van der Waals surface area contributed by atoms with Crippen LogP contribution in [0.4, 0.5) is 0 Å². The molecule has 1 N–H and O–H groups in total. The first-order chi connectivity index (χ1) is 8.63. The highest BCUT2D eigenvalue weighted by molar-refractivity contribution is 9.10. The predicted molar refractivity (Wildman–Crippen MR) is 77.9 cm³/mol. The lowest BCUT2D eigenvalue weighted by molar-refractivity contribution is -0.119. The summed E-state index contributed by atoms with van der Waals surface area (Å²) in [7, 11) is 1.76.